The van der Waals surface area contributed by atoms with Crippen LogP contribution < -0.4 is 0 Å². The third-order valence-corrected chi connectivity index (χ3v) is 0.625. The Morgan fingerprint density at radius 1 is 1.44 bits per heavy atom. The van der Waals surface area contributed by atoms with Crippen molar-refractivity contribution in [2.75, 3.05) is 6.67 Å². The van der Waals surface area contributed by atoms with E-state index in [1.165, 1.54) is 6.92 Å². The smallest absolute Gasteiger partial charge is 0.345 e. The zero-order valence-corrected chi connectivity index (χ0v) is 5.02. The number of esters is 2. The average Bonchev–Trinajstić information content (AvgIpc) is 1.87. The van der Waals surface area contributed by atoms with Gasteiger partial charge in [0, 0.05) is 6.42 Å². The molecule has 0 radical (unpaired) electrons. The van der Waals surface area contributed by atoms with Gasteiger partial charge in [-0.3, -0.25) is 4.79 Å². The molecule has 3 nitrogen and oxygen atoms in total. The minimum atomic E-state index is -1.24. The Morgan fingerprint density at radius 2 is 2.00 bits per heavy atom. The van der Waals surface area contributed by atoms with Crippen LogP contribution >= 0.6 is 0 Å². The van der Waals surface area contributed by atoms with Crippen LogP contribution in [0.3, 0.4) is 0 Å². The number of hydrogen-bond donors (Lipinski definition) is 0. The maximum atomic E-state index is 11.3. The van der Waals surface area contributed by atoms with Gasteiger partial charge in [-0.2, -0.15) is 0 Å². The van der Waals surface area contributed by atoms with Gasteiger partial charge in [0.05, 0.1) is 0 Å². The Morgan fingerprint density at radius 3 is 2.33 bits per heavy atom. The number of ether oxygens (including phenoxy) is 1. The standard InChI is InChI=1S/C5H7FO3/c1-2-4(7)9-5(8)3-6/h2-3H2,1H3. The number of carbonyl (C=O) groups excluding carboxylic acids is 2. The van der Waals surface area contributed by atoms with Crippen molar-refractivity contribution in [1.82, 2.24) is 0 Å². The summed E-state index contributed by atoms with van der Waals surface area (Å²) in [5, 5.41) is 0. The number of halogens is 1. The van der Waals surface area contributed by atoms with E-state index in [1.54, 1.807) is 0 Å². The molecule has 52 valence electrons. The van der Waals surface area contributed by atoms with Crippen molar-refractivity contribution in [3.05, 3.63) is 0 Å². The van der Waals surface area contributed by atoms with Crippen LogP contribution in [0.4, 0.5) is 4.39 Å². The van der Waals surface area contributed by atoms with Crippen molar-refractivity contribution in [3.8, 4) is 0 Å². The summed E-state index contributed by atoms with van der Waals surface area (Å²) < 4.78 is 15.2. The number of hydrogen-bond acceptors (Lipinski definition) is 3. The molecule has 0 aliphatic carbocycles. The first-order valence-electron chi connectivity index (χ1n) is 2.50. The van der Waals surface area contributed by atoms with Crippen molar-refractivity contribution < 1.29 is 18.7 Å². The Balaban J connectivity index is 3.47. The largest absolute Gasteiger partial charge is 0.391 e. The van der Waals surface area contributed by atoms with E-state index in [0.717, 1.165) is 0 Å². The summed E-state index contributed by atoms with van der Waals surface area (Å²) in [7, 11) is 0. The van der Waals surface area contributed by atoms with Gasteiger partial charge in [-0.05, 0) is 0 Å². The normalized spacial score (nSPS) is 8.67. The van der Waals surface area contributed by atoms with Crippen LogP contribution in [0.5, 0.6) is 0 Å². The van der Waals surface area contributed by atoms with E-state index < -0.39 is 18.6 Å². The molecule has 0 heterocycles. The van der Waals surface area contributed by atoms with E-state index in [9.17, 15) is 14.0 Å². The predicted octanol–water partition coefficient (Wildman–Crippen LogP) is 0.436. The number of alkyl halides is 1. The highest BCUT2D eigenvalue weighted by Crippen LogP contribution is 1.85. The third kappa shape index (κ3) is 3.64. The third-order valence-electron chi connectivity index (χ3n) is 0.625. The summed E-state index contributed by atoms with van der Waals surface area (Å²) >= 11 is 0. The van der Waals surface area contributed by atoms with E-state index in [0.29, 0.717) is 0 Å². The van der Waals surface area contributed by atoms with Gasteiger partial charge in [0.15, 0.2) is 6.67 Å². The summed E-state index contributed by atoms with van der Waals surface area (Å²) in [5.74, 6) is -1.82. The molecular formula is C5H7FO3. The van der Waals surface area contributed by atoms with Crippen molar-refractivity contribution in [2.45, 2.75) is 13.3 Å². The minimum Gasteiger partial charge on any atom is -0.391 e. The fraction of sp³-hybridized carbons (Fsp3) is 0.600. The summed E-state index contributed by atoms with van der Waals surface area (Å²) in [5.41, 5.74) is 0. The molecule has 0 atom stereocenters. The van der Waals surface area contributed by atoms with Gasteiger partial charge in [0.2, 0.25) is 0 Å². The Labute approximate surface area is 51.8 Å². The highest BCUT2D eigenvalue weighted by molar-refractivity contribution is 5.85. The molecule has 0 aromatic rings. The minimum absolute atomic E-state index is 0.0890. The van der Waals surface area contributed by atoms with Crippen molar-refractivity contribution in [2.24, 2.45) is 0 Å². The summed E-state index contributed by atoms with van der Waals surface area (Å²) in [4.78, 5) is 20.1. The lowest BCUT2D eigenvalue weighted by molar-refractivity contribution is -0.159. The Bertz CT molecular complexity index is 107. The summed E-state index contributed by atoms with van der Waals surface area (Å²) in [6.45, 7) is 0.277. The molecule has 0 saturated carbocycles. The first kappa shape index (κ1) is 8.07. The molecule has 0 fully saturated rings. The lowest BCUT2D eigenvalue weighted by Crippen LogP contribution is -2.12. The monoisotopic (exact) mass is 134 g/mol. The lowest BCUT2D eigenvalue weighted by Gasteiger charge is -1.93. The zero-order valence-electron chi connectivity index (χ0n) is 5.02. The van der Waals surface area contributed by atoms with Gasteiger partial charge >= 0.3 is 11.9 Å². The molecule has 4 heteroatoms. The average molecular weight is 134 g/mol. The molecule has 0 bridgehead atoms. The van der Waals surface area contributed by atoms with Gasteiger partial charge in [0.1, 0.15) is 0 Å². The molecule has 0 aromatic heterocycles. The van der Waals surface area contributed by atoms with Gasteiger partial charge in [-0.25, -0.2) is 9.18 Å². The van der Waals surface area contributed by atoms with Crippen LogP contribution in [0.1, 0.15) is 13.3 Å². The van der Waals surface area contributed by atoms with Crippen LogP contribution in [0.15, 0.2) is 0 Å². The molecule has 0 unspecified atom stereocenters. The molecular weight excluding hydrogens is 127 g/mol. The first-order valence-corrected chi connectivity index (χ1v) is 2.50. The van der Waals surface area contributed by atoms with Crippen LogP contribution in [0.25, 0.3) is 0 Å². The topological polar surface area (TPSA) is 43.4 Å². The van der Waals surface area contributed by atoms with E-state index in [1.807, 2.05) is 0 Å². The van der Waals surface area contributed by atoms with Gasteiger partial charge in [0.25, 0.3) is 0 Å². The quantitative estimate of drug-likeness (QED) is 0.406. The SMILES string of the molecule is CCC(=O)OC(=O)CF. The highest BCUT2D eigenvalue weighted by atomic mass is 19.1. The molecule has 9 heavy (non-hydrogen) atoms. The molecule has 0 amide bonds. The molecule has 0 rings (SSSR count). The van der Waals surface area contributed by atoms with Gasteiger partial charge in [-0.15, -0.1) is 0 Å². The number of rotatable bonds is 2. The van der Waals surface area contributed by atoms with Crippen LogP contribution in [-0.4, -0.2) is 18.6 Å². The fourth-order valence-corrected chi connectivity index (χ4v) is 0.226. The lowest BCUT2D eigenvalue weighted by atomic mass is 10.5. The zero-order chi connectivity index (χ0) is 7.28. The predicted molar refractivity (Wildman–Crippen MR) is 27.4 cm³/mol. The highest BCUT2D eigenvalue weighted by Gasteiger charge is 2.05. The van der Waals surface area contributed by atoms with E-state index in [2.05, 4.69) is 4.74 Å². The molecule has 0 aromatic carbocycles. The second-order valence-electron chi connectivity index (χ2n) is 1.33. The molecule has 0 N–H and O–H groups in total. The summed E-state index contributed by atoms with van der Waals surface area (Å²) in [6, 6.07) is 0. The van der Waals surface area contributed by atoms with Gasteiger partial charge < -0.3 is 4.74 Å². The second-order valence-corrected chi connectivity index (χ2v) is 1.33. The van der Waals surface area contributed by atoms with Gasteiger partial charge in [-0.1, -0.05) is 6.92 Å². The van der Waals surface area contributed by atoms with Crippen molar-refractivity contribution in [1.29, 1.82) is 0 Å². The second kappa shape index (κ2) is 4.00. The fourth-order valence-electron chi connectivity index (χ4n) is 0.226. The van der Waals surface area contributed by atoms with E-state index >= 15 is 0 Å². The van der Waals surface area contributed by atoms with Crippen LogP contribution in [-0.2, 0) is 14.3 Å². The molecule has 0 aliphatic heterocycles. The van der Waals surface area contributed by atoms with Crippen molar-refractivity contribution >= 4 is 11.9 Å². The summed E-state index contributed by atoms with van der Waals surface area (Å²) in [6.07, 6.45) is 0.0890. The Kier molecular flexibility index (Phi) is 3.59. The van der Waals surface area contributed by atoms with Crippen molar-refractivity contribution in [3.63, 3.8) is 0 Å². The molecule has 0 aliphatic rings. The maximum Gasteiger partial charge on any atom is 0.345 e. The van der Waals surface area contributed by atoms with Crippen LogP contribution in [0.2, 0.25) is 0 Å². The Hall–Kier alpha value is -0.930. The van der Waals surface area contributed by atoms with E-state index in [4.69, 9.17) is 0 Å². The number of carbonyl (C=O) groups is 2. The maximum absolute atomic E-state index is 11.3. The molecule has 0 saturated heterocycles. The van der Waals surface area contributed by atoms with E-state index in [-0.39, 0.29) is 6.42 Å². The molecule has 0 spiro atoms. The van der Waals surface area contributed by atoms with Crippen LogP contribution in [0, 0.1) is 0 Å². The first-order chi connectivity index (χ1) is 4.20.